The van der Waals surface area contributed by atoms with Crippen LogP contribution in [-0.4, -0.2) is 51.1 Å². The minimum Gasteiger partial charge on any atom is -0.481 e. The van der Waals surface area contributed by atoms with Gasteiger partial charge in [0.15, 0.2) is 0 Å². The van der Waals surface area contributed by atoms with Gasteiger partial charge in [-0.3, -0.25) is 19.2 Å². The summed E-state index contributed by atoms with van der Waals surface area (Å²) in [7, 11) is 0. The average molecular weight is 490 g/mol. The Balaban J connectivity index is 1.76. The van der Waals surface area contributed by atoms with E-state index in [0.29, 0.717) is 25.7 Å². The highest BCUT2D eigenvalue weighted by molar-refractivity contribution is 5.98. The molecule has 4 unspecified atom stereocenters. The van der Waals surface area contributed by atoms with Crippen molar-refractivity contribution in [3.05, 3.63) is 35.1 Å². The van der Waals surface area contributed by atoms with Crippen molar-refractivity contribution in [1.82, 2.24) is 0 Å². The molecule has 0 amide bonds. The topological polar surface area (TPSA) is 182 Å². The molecular formula is C24H26O11. The molecule has 0 fully saturated rings. The lowest BCUT2D eigenvalue weighted by Crippen LogP contribution is -2.36. The van der Waals surface area contributed by atoms with Crippen LogP contribution in [0.2, 0.25) is 0 Å². The number of hydrogen-bond acceptors (Lipinski definition) is 8. The van der Waals surface area contributed by atoms with E-state index >= 15 is 0 Å². The molecule has 0 heterocycles. The van der Waals surface area contributed by atoms with Gasteiger partial charge in [0.25, 0.3) is 0 Å². The Labute approximate surface area is 200 Å². The van der Waals surface area contributed by atoms with Crippen LogP contribution in [0.4, 0.5) is 0 Å². The van der Waals surface area contributed by atoms with Crippen LogP contribution < -0.4 is 0 Å². The van der Waals surface area contributed by atoms with Gasteiger partial charge in [0.05, 0.1) is 29.2 Å². The molecule has 11 heteroatoms. The van der Waals surface area contributed by atoms with Crippen molar-refractivity contribution in [2.75, 3.05) is 0 Å². The molecule has 3 aliphatic carbocycles. The predicted molar refractivity (Wildman–Crippen MR) is 115 cm³/mol. The number of hydrogen-bond donors (Lipinski definition) is 3. The number of esters is 3. The first-order valence-corrected chi connectivity index (χ1v) is 11.4. The quantitative estimate of drug-likeness (QED) is 0.270. The molecule has 3 rings (SSSR count). The number of carbonyl (C=O) groups is 6. The number of allylic oxidation sites excluding steroid dienone is 3. The first-order chi connectivity index (χ1) is 16.6. The SMILES string of the molecule is O=C(O)C1=CCCCC1C(=O)OC(=O)C1CCC=CC1C(=O)OC1=C(C(=O)O)C(C(=O)O)CCC1. The monoisotopic (exact) mass is 490 g/mol. The normalized spacial score (nSPS) is 26.3. The summed E-state index contributed by atoms with van der Waals surface area (Å²) in [5, 5.41) is 28.1. The number of carboxylic acids is 3. The van der Waals surface area contributed by atoms with E-state index in [2.05, 4.69) is 0 Å². The van der Waals surface area contributed by atoms with Gasteiger partial charge in [-0.05, 0) is 44.9 Å². The fourth-order valence-electron chi connectivity index (χ4n) is 4.69. The summed E-state index contributed by atoms with van der Waals surface area (Å²) in [6, 6.07) is 0. The molecule has 0 aromatic heterocycles. The third kappa shape index (κ3) is 5.84. The molecule has 0 aromatic carbocycles. The molecule has 35 heavy (non-hydrogen) atoms. The van der Waals surface area contributed by atoms with Crippen LogP contribution >= 0.6 is 0 Å². The smallest absolute Gasteiger partial charge is 0.335 e. The molecule has 0 aromatic rings. The Morgan fingerprint density at radius 3 is 2.17 bits per heavy atom. The van der Waals surface area contributed by atoms with E-state index in [1.54, 1.807) is 6.08 Å². The Bertz CT molecular complexity index is 1030. The zero-order valence-electron chi connectivity index (χ0n) is 18.8. The van der Waals surface area contributed by atoms with Crippen molar-refractivity contribution in [3.63, 3.8) is 0 Å². The van der Waals surface area contributed by atoms with Crippen LogP contribution in [0.1, 0.15) is 51.4 Å². The van der Waals surface area contributed by atoms with E-state index in [4.69, 9.17) is 9.47 Å². The summed E-state index contributed by atoms with van der Waals surface area (Å²) < 4.78 is 10.3. The first-order valence-electron chi connectivity index (χ1n) is 11.4. The number of carbonyl (C=O) groups excluding carboxylic acids is 3. The minimum absolute atomic E-state index is 0.0488. The lowest BCUT2D eigenvalue weighted by atomic mass is 9.83. The van der Waals surface area contributed by atoms with Gasteiger partial charge in [-0.25, -0.2) is 9.59 Å². The molecule has 0 radical (unpaired) electrons. The third-order valence-corrected chi connectivity index (χ3v) is 6.46. The molecule has 0 aliphatic heterocycles. The molecule has 3 N–H and O–H groups in total. The van der Waals surface area contributed by atoms with Crippen LogP contribution in [-0.2, 0) is 38.2 Å². The predicted octanol–water partition coefficient (Wildman–Crippen LogP) is 2.22. The molecule has 0 spiro atoms. The zero-order chi connectivity index (χ0) is 25.7. The molecular weight excluding hydrogens is 464 g/mol. The minimum atomic E-state index is -1.50. The van der Waals surface area contributed by atoms with Crippen molar-refractivity contribution in [3.8, 4) is 0 Å². The average Bonchev–Trinajstić information content (AvgIpc) is 2.83. The van der Waals surface area contributed by atoms with E-state index in [-0.39, 0.29) is 37.0 Å². The maximum absolute atomic E-state index is 12.9. The van der Waals surface area contributed by atoms with Crippen LogP contribution in [0, 0.1) is 23.7 Å². The van der Waals surface area contributed by atoms with Crippen LogP contribution in [0.3, 0.4) is 0 Å². The number of rotatable bonds is 7. The lowest BCUT2D eigenvalue weighted by molar-refractivity contribution is -0.169. The molecule has 0 bridgehead atoms. The largest absolute Gasteiger partial charge is 0.481 e. The second-order valence-corrected chi connectivity index (χ2v) is 8.67. The third-order valence-electron chi connectivity index (χ3n) is 6.46. The van der Waals surface area contributed by atoms with E-state index in [0.717, 1.165) is 0 Å². The van der Waals surface area contributed by atoms with Gasteiger partial charge in [0.1, 0.15) is 5.76 Å². The summed E-state index contributed by atoms with van der Waals surface area (Å²) in [5.41, 5.74) is -0.636. The Hall–Kier alpha value is -3.76. The van der Waals surface area contributed by atoms with Gasteiger partial charge >= 0.3 is 35.8 Å². The van der Waals surface area contributed by atoms with Crippen LogP contribution in [0.15, 0.2) is 35.1 Å². The molecule has 11 nitrogen and oxygen atoms in total. The highest BCUT2D eigenvalue weighted by Crippen LogP contribution is 2.34. The second kappa shape index (κ2) is 11.1. The van der Waals surface area contributed by atoms with Gasteiger partial charge in [0, 0.05) is 12.0 Å². The van der Waals surface area contributed by atoms with Gasteiger partial charge in [-0.2, -0.15) is 0 Å². The summed E-state index contributed by atoms with van der Waals surface area (Å²) in [6.07, 6.45) is 6.74. The lowest BCUT2D eigenvalue weighted by Gasteiger charge is -2.27. The van der Waals surface area contributed by atoms with Crippen molar-refractivity contribution in [2.24, 2.45) is 23.7 Å². The number of ether oxygens (including phenoxy) is 2. The van der Waals surface area contributed by atoms with Gasteiger partial charge in [-0.1, -0.05) is 18.2 Å². The van der Waals surface area contributed by atoms with Crippen molar-refractivity contribution in [1.29, 1.82) is 0 Å². The molecule has 4 atom stereocenters. The van der Waals surface area contributed by atoms with Crippen molar-refractivity contribution in [2.45, 2.75) is 51.4 Å². The van der Waals surface area contributed by atoms with Gasteiger partial charge in [-0.15, -0.1) is 0 Å². The van der Waals surface area contributed by atoms with E-state index in [9.17, 15) is 44.1 Å². The highest BCUT2D eigenvalue weighted by atomic mass is 16.6. The fraction of sp³-hybridized carbons (Fsp3) is 0.500. The van der Waals surface area contributed by atoms with Gasteiger partial charge in [0.2, 0.25) is 0 Å². The number of carboxylic acid groups (broad SMARTS) is 3. The van der Waals surface area contributed by atoms with E-state index in [1.807, 2.05) is 0 Å². The molecule has 0 saturated heterocycles. The van der Waals surface area contributed by atoms with Crippen molar-refractivity contribution < 1.29 is 53.6 Å². The maximum atomic E-state index is 12.9. The fourth-order valence-corrected chi connectivity index (χ4v) is 4.69. The molecule has 0 saturated carbocycles. The summed E-state index contributed by atoms with van der Waals surface area (Å²) in [5.74, 6) is -12.0. The summed E-state index contributed by atoms with van der Waals surface area (Å²) in [4.78, 5) is 72.9. The summed E-state index contributed by atoms with van der Waals surface area (Å²) in [6.45, 7) is 0. The second-order valence-electron chi connectivity index (χ2n) is 8.67. The Morgan fingerprint density at radius 1 is 0.800 bits per heavy atom. The van der Waals surface area contributed by atoms with E-state index in [1.165, 1.54) is 12.2 Å². The van der Waals surface area contributed by atoms with Crippen LogP contribution in [0.5, 0.6) is 0 Å². The standard InChI is InChI=1S/C24H26O11/c25-19(26)12-6-1-2-7-13(12)23(32)35-24(33)15-9-4-3-8-14(15)22(31)34-17-11-5-10-16(20(27)28)18(17)21(29)30/h3,6,8,13-16H,1-2,4-5,7,9-11H2,(H,25,26)(H,27,28)(H,29,30). The van der Waals surface area contributed by atoms with E-state index < -0.39 is 65.1 Å². The van der Waals surface area contributed by atoms with Crippen LogP contribution in [0.25, 0.3) is 0 Å². The molecule has 188 valence electrons. The number of aliphatic carboxylic acids is 3. The zero-order valence-corrected chi connectivity index (χ0v) is 18.8. The maximum Gasteiger partial charge on any atom is 0.335 e. The summed E-state index contributed by atoms with van der Waals surface area (Å²) >= 11 is 0. The van der Waals surface area contributed by atoms with Crippen molar-refractivity contribution >= 4 is 35.8 Å². The first kappa shape index (κ1) is 25.9. The Kier molecular flexibility index (Phi) is 8.21. The highest BCUT2D eigenvalue weighted by Gasteiger charge is 2.41. The molecule has 3 aliphatic rings. The Morgan fingerprint density at radius 2 is 1.51 bits per heavy atom. The van der Waals surface area contributed by atoms with Gasteiger partial charge < -0.3 is 24.8 Å².